The van der Waals surface area contributed by atoms with Crippen molar-refractivity contribution in [3.63, 3.8) is 0 Å². The van der Waals surface area contributed by atoms with Gasteiger partial charge in [-0.3, -0.25) is 0 Å². The summed E-state index contributed by atoms with van der Waals surface area (Å²) in [6, 6.07) is 23.3. The van der Waals surface area contributed by atoms with Crippen LogP contribution < -0.4 is 10.0 Å². The molecule has 5 nitrogen and oxygen atoms in total. The fourth-order valence-electron chi connectivity index (χ4n) is 3.80. The predicted molar refractivity (Wildman–Crippen MR) is 123 cm³/mol. The minimum atomic E-state index is -1.18. The van der Waals surface area contributed by atoms with Crippen LogP contribution in [0.5, 0.6) is 5.75 Å². The van der Waals surface area contributed by atoms with Crippen molar-refractivity contribution in [1.82, 2.24) is 4.90 Å². The van der Waals surface area contributed by atoms with E-state index in [-0.39, 0.29) is 5.56 Å². The van der Waals surface area contributed by atoms with Crippen LogP contribution in [0.25, 0.3) is 0 Å². The molecule has 1 N–H and O–H groups in total. The number of hydrogen-bond acceptors (Lipinski definition) is 4. The molecule has 1 heterocycles. The number of benzene rings is 3. The van der Waals surface area contributed by atoms with Crippen LogP contribution in [-0.2, 0) is 12.8 Å². The summed E-state index contributed by atoms with van der Waals surface area (Å²) in [5, 5.41) is 19.0. The van der Waals surface area contributed by atoms with Crippen molar-refractivity contribution in [2.45, 2.75) is 19.3 Å². The van der Waals surface area contributed by atoms with Gasteiger partial charge in [0.2, 0.25) is 0 Å². The number of anilines is 2. The first kappa shape index (κ1) is 22.4. The molecule has 1 aliphatic heterocycles. The first-order valence-corrected chi connectivity index (χ1v) is 10.5. The van der Waals surface area contributed by atoms with Crippen molar-refractivity contribution in [2.24, 2.45) is 0 Å². The molecule has 5 heteroatoms. The van der Waals surface area contributed by atoms with Gasteiger partial charge in [0.05, 0.1) is 5.56 Å². The lowest BCUT2D eigenvalue weighted by Gasteiger charge is -2.27. The molecule has 0 bridgehead atoms. The van der Waals surface area contributed by atoms with Gasteiger partial charge in [-0.2, -0.15) is 0 Å². The summed E-state index contributed by atoms with van der Waals surface area (Å²) in [5.74, 6) is -1.62. The van der Waals surface area contributed by atoms with Crippen LogP contribution >= 0.6 is 0 Å². The molecule has 0 unspecified atom stereocenters. The normalized spacial score (nSPS) is 12.3. The Bertz CT molecular complexity index is 969. The van der Waals surface area contributed by atoms with Crippen molar-refractivity contribution < 1.29 is 15.0 Å². The van der Waals surface area contributed by atoms with E-state index < -0.39 is 11.7 Å². The van der Waals surface area contributed by atoms with Crippen molar-refractivity contribution in [3.05, 3.63) is 89.5 Å². The standard InChI is InChI=1S/C19H24N2.C7H6O3/c1-20(2)14-7-15-21-18-10-5-3-8-16(18)12-13-17-9-4-6-11-19(17)21;8-6-4-2-1-3-5(6)7(9)10/h3-6,8-11H,7,12-15H2,1-2H3;1-4,8H,(H,9,10)/p-1. The highest BCUT2D eigenvalue weighted by Crippen LogP contribution is 2.35. The Morgan fingerprint density at radius 3 is 1.90 bits per heavy atom. The topological polar surface area (TPSA) is 66.8 Å². The van der Waals surface area contributed by atoms with E-state index in [0.717, 1.165) is 25.9 Å². The van der Waals surface area contributed by atoms with Crippen molar-refractivity contribution in [2.75, 3.05) is 32.1 Å². The largest absolute Gasteiger partial charge is 0.872 e. The molecule has 0 aromatic heterocycles. The summed E-state index contributed by atoms with van der Waals surface area (Å²) in [7, 11) is 4.29. The molecule has 3 aromatic rings. The highest BCUT2D eigenvalue weighted by atomic mass is 16.4. The second-order valence-electron chi connectivity index (χ2n) is 7.87. The summed E-state index contributed by atoms with van der Waals surface area (Å²) in [6.07, 6.45) is 3.45. The molecule has 0 atom stereocenters. The lowest BCUT2D eigenvalue weighted by Crippen LogP contribution is -2.23. The van der Waals surface area contributed by atoms with Gasteiger partial charge in [0, 0.05) is 17.9 Å². The number of aromatic carboxylic acids is 1. The van der Waals surface area contributed by atoms with Gasteiger partial charge in [-0.15, -0.1) is 0 Å². The third-order valence-corrected chi connectivity index (χ3v) is 5.33. The zero-order valence-electron chi connectivity index (χ0n) is 18.1. The van der Waals surface area contributed by atoms with E-state index in [1.54, 1.807) is 0 Å². The summed E-state index contributed by atoms with van der Waals surface area (Å²) in [5.41, 5.74) is 5.54. The van der Waals surface area contributed by atoms with Crippen LogP contribution in [0.4, 0.5) is 11.4 Å². The van der Waals surface area contributed by atoms with E-state index in [4.69, 9.17) is 5.11 Å². The monoisotopic (exact) mass is 417 g/mol. The van der Waals surface area contributed by atoms with Crippen LogP contribution in [0.15, 0.2) is 72.8 Å². The summed E-state index contributed by atoms with van der Waals surface area (Å²) in [4.78, 5) is 15.0. The van der Waals surface area contributed by atoms with Crippen LogP contribution in [0, 0.1) is 0 Å². The predicted octanol–water partition coefficient (Wildman–Crippen LogP) is 4.33. The number of rotatable bonds is 5. The zero-order chi connectivity index (χ0) is 22.2. The second-order valence-corrected chi connectivity index (χ2v) is 7.87. The molecular formula is C26H29N2O3-. The van der Waals surface area contributed by atoms with Crippen LogP contribution in [0.1, 0.15) is 27.9 Å². The van der Waals surface area contributed by atoms with Gasteiger partial charge in [-0.1, -0.05) is 60.3 Å². The highest BCUT2D eigenvalue weighted by molar-refractivity contribution is 5.90. The van der Waals surface area contributed by atoms with Gasteiger partial charge in [0.1, 0.15) is 0 Å². The van der Waals surface area contributed by atoms with Gasteiger partial charge in [-0.05, 0) is 69.2 Å². The zero-order valence-corrected chi connectivity index (χ0v) is 18.1. The van der Waals surface area contributed by atoms with E-state index in [9.17, 15) is 9.90 Å². The molecule has 4 rings (SSSR count). The summed E-state index contributed by atoms with van der Waals surface area (Å²) in [6.45, 7) is 2.20. The maximum absolute atomic E-state index is 10.7. The number of aryl methyl sites for hydroxylation is 2. The van der Waals surface area contributed by atoms with Crippen LogP contribution in [0.3, 0.4) is 0 Å². The number of nitrogens with zero attached hydrogens (tertiary/aromatic N) is 2. The average molecular weight is 418 g/mol. The Labute approximate surface area is 184 Å². The number of fused-ring (bicyclic) bond motifs is 2. The van der Waals surface area contributed by atoms with Crippen LogP contribution in [-0.4, -0.2) is 43.2 Å². The van der Waals surface area contributed by atoms with E-state index in [0.29, 0.717) is 0 Å². The lowest BCUT2D eigenvalue weighted by molar-refractivity contribution is -0.268. The fraction of sp³-hybridized carbons (Fsp3) is 0.269. The van der Waals surface area contributed by atoms with Gasteiger partial charge in [0.15, 0.2) is 0 Å². The van der Waals surface area contributed by atoms with E-state index in [2.05, 4.69) is 72.4 Å². The quantitative estimate of drug-likeness (QED) is 0.669. The van der Waals surface area contributed by atoms with Gasteiger partial charge in [0.25, 0.3) is 0 Å². The first-order valence-electron chi connectivity index (χ1n) is 10.5. The van der Waals surface area contributed by atoms with Gasteiger partial charge >= 0.3 is 5.97 Å². The SMILES string of the molecule is CN(C)CCCN1c2ccccc2CCc2ccccc21.O=C(O)c1ccccc1[O-]. The lowest BCUT2D eigenvalue weighted by atomic mass is 10.0. The maximum atomic E-state index is 10.7. The number of hydrogen-bond donors (Lipinski definition) is 1. The Morgan fingerprint density at radius 1 is 0.903 bits per heavy atom. The third kappa shape index (κ3) is 5.86. The number of carbonyl (C=O) groups is 1. The Kier molecular flexibility index (Phi) is 7.68. The van der Waals surface area contributed by atoms with E-state index in [1.165, 1.54) is 53.2 Å². The summed E-state index contributed by atoms with van der Waals surface area (Å²) >= 11 is 0. The molecule has 1 aliphatic rings. The molecule has 0 amide bonds. The second kappa shape index (κ2) is 10.6. The highest BCUT2D eigenvalue weighted by Gasteiger charge is 2.19. The molecule has 0 fully saturated rings. The van der Waals surface area contributed by atoms with Crippen LogP contribution in [0.2, 0.25) is 0 Å². The fourth-order valence-corrected chi connectivity index (χ4v) is 3.80. The van der Waals surface area contributed by atoms with E-state index in [1.807, 2.05) is 0 Å². The average Bonchev–Trinajstić information content (AvgIpc) is 2.92. The molecule has 162 valence electrons. The Morgan fingerprint density at radius 2 is 1.42 bits per heavy atom. The first-order chi connectivity index (χ1) is 15.0. The molecular weight excluding hydrogens is 388 g/mol. The smallest absolute Gasteiger partial charge is 0.335 e. The molecule has 3 aromatic carbocycles. The number of carboxylic acids is 1. The number of para-hydroxylation sites is 3. The third-order valence-electron chi connectivity index (χ3n) is 5.33. The maximum Gasteiger partial charge on any atom is 0.335 e. The van der Waals surface area contributed by atoms with Gasteiger partial charge in [-0.25, -0.2) is 4.79 Å². The molecule has 31 heavy (non-hydrogen) atoms. The van der Waals surface area contributed by atoms with Crippen molar-refractivity contribution in [3.8, 4) is 5.75 Å². The molecule has 0 radical (unpaired) electrons. The molecule has 0 saturated heterocycles. The summed E-state index contributed by atoms with van der Waals surface area (Å²) < 4.78 is 0. The minimum Gasteiger partial charge on any atom is -0.872 e. The number of carboxylic acid groups (broad SMARTS) is 1. The molecule has 0 aliphatic carbocycles. The van der Waals surface area contributed by atoms with Crippen molar-refractivity contribution >= 4 is 17.3 Å². The van der Waals surface area contributed by atoms with Crippen molar-refractivity contribution in [1.29, 1.82) is 0 Å². The Hall–Kier alpha value is -3.31. The van der Waals surface area contributed by atoms with Gasteiger partial charge < -0.3 is 20.0 Å². The molecule has 0 spiro atoms. The minimum absolute atomic E-state index is 0.178. The van der Waals surface area contributed by atoms with E-state index >= 15 is 0 Å². The molecule has 0 saturated carbocycles. The Balaban J connectivity index is 0.000000229.